The lowest BCUT2D eigenvalue weighted by Gasteiger charge is -2.18. The predicted molar refractivity (Wildman–Crippen MR) is 93.8 cm³/mol. The van der Waals surface area contributed by atoms with E-state index in [0.717, 1.165) is 11.8 Å². The maximum absolute atomic E-state index is 12.4. The molecule has 0 unspecified atom stereocenters. The van der Waals surface area contributed by atoms with Gasteiger partial charge in [0.2, 0.25) is 5.91 Å². The summed E-state index contributed by atoms with van der Waals surface area (Å²) in [4.78, 5) is 26.1. The fourth-order valence-electron chi connectivity index (χ4n) is 2.22. The van der Waals surface area contributed by atoms with Crippen molar-refractivity contribution in [2.24, 2.45) is 0 Å². The molecule has 0 bridgehead atoms. The fraction of sp³-hybridized carbons (Fsp3) is 0.357. The quantitative estimate of drug-likeness (QED) is 0.606. The highest BCUT2D eigenvalue weighted by atomic mass is 32.2. The third-order valence-electron chi connectivity index (χ3n) is 3.39. The van der Waals surface area contributed by atoms with Crippen LogP contribution in [0, 0.1) is 0 Å². The maximum atomic E-state index is 12.4. The number of carbonyl (C=O) groups excluding carboxylic acids is 2. The van der Waals surface area contributed by atoms with E-state index in [1.54, 1.807) is 30.0 Å². The first-order valence-electron chi connectivity index (χ1n) is 6.88. The molecule has 2 amide bonds. The molecule has 2 atom stereocenters. The second-order valence-corrected chi connectivity index (χ2v) is 7.81. The number of thiocarbonyl (C=S) groups is 1. The van der Waals surface area contributed by atoms with Crippen LogP contribution in [0.1, 0.15) is 5.76 Å². The van der Waals surface area contributed by atoms with E-state index in [0.29, 0.717) is 26.5 Å². The molecule has 1 aromatic heterocycles. The molecular formula is C14H14N2O4S3. The first kappa shape index (κ1) is 16.6. The number of aliphatic hydroxyl groups is 1. The summed E-state index contributed by atoms with van der Waals surface area (Å²) in [6.45, 7) is -0.145. The van der Waals surface area contributed by atoms with Crippen molar-refractivity contribution < 1.29 is 19.1 Å². The highest BCUT2D eigenvalue weighted by molar-refractivity contribution is 8.26. The number of nitrogens with one attached hydrogen (secondary N) is 1. The Bertz CT molecular complexity index is 659. The first-order valence-corrected chi connectivity index (χ1v) is 9.26. The van der Waals surface area contributed by atoms with E-state index >= 15 is 0 Å². The van der Waals surface area contributed by atoms with Gasteiger partial charge >= 0.3 is 0 Å². The molecular weight excluding hydrogens is 356 g/mol. The average molecular weight is 370 g/mol. The number of rotatable bonds is 4. The molecule has 0 saturated carbocycles. The summed E-state index contributed by atoms with van der Waals surface area (Å²) in [5.41, 5.74) is 0. The second kappa shape index (κ2) is 7.08. The van der Waals surface area contributed by atoms with Gasteiger partial charge < -0.3 is 14.8 Å². The maximum Gasteiger partial charge on any atom is 0.266 e. The highest BCUT2D eigenvalue weighted by Gasteiger charge is 2.35. The molecule has 2 aliphatic heterocycles. The highest BCUT2D eigenvalue weighted by Crippen LogP contribution is 2.32. The summed E-state index contributed by atoms with van der Waals surface area (Å²) in [5, 5.41) is 12.5. The molecule has 2 N–H and O–H groups in total. The minimum absolute atomic E-state index is 0.145. The van der Waals surface area contributed by atoms with E-state index < -0.39 is 6.10 Å². The Morgan fingerprint density at radius 3 is 3.04 bits per heavy atom. The van der Waals surface area contributed by atoms with Crippen molar-refractivity contribution >= 4 is 58.0 Å². The van der Waals surface area contributed by atoms with Gasteiger partial charge in [-0.3, -0.25) is 14.5 Å². The van der Waals surface area contributed by atoms with Gasteiger partial charge in [0.15, 0.2) is 0 Å². The Kier molecular flexibility index (Phi) is 5.10. The smallest absolute Gasteiger partial charge is 0.266 e. The van der Waals surface area contributed by atoms with Crippen LogP contribution < -0.4 is 5.32 Å². The van der Waals surface area contributed by atoms with Crippen molar-refractivity contribution in [3.63, 3.8) is 0 Å². The van der Waals surface area contributed by atoms with Crippen molar-refractivity contribution in [1.82, 2.24) is 10.2 Å². The molecule has 0 radical (unpaired) electrons. The van der Waals surface area contributed by atoms with E-state index in [-0.39, 0.29) is 24.4 Å². The van der Waals surface area contributed by atoms with Gasteiger partial charge in [0, 0.05) is 17.6 Å². The standard InChI is InChI=1S/C14H14N2O4S3/c17-10-7-22-6-9(10)15-12(18)5-16-13(19)11(23-14(16)21)4-8-2-1-3-20-8/h1-4,9-10,17H,5-7H2,(H,15,18)/b11-4-/t9-,10-/m0/s1. The van der Waals surface area contributed by atoms with Crippen molar-refractivity contribution in [3.8, 4) is 0 Å². The lowest BCUT2D eigenvalue weighted by Crippen LogP contribution is -2.47. The number of nitrogens with zero attached hydrogens (tertiary/aromatic N) is 1. The minimum Gasteiger partial charge on any atom is -0.465 e. The minimum atomic E-state index is -0.547. The van der Waals surface area contributed by atoms with E-state index in [9.17, 15) is 14.7 Å². The lowest BCUT2D eigenvalue weighted by molar-refractivity contribution is -0.129. The molecule has 0 aliphatic carbocycles. The SMILES string of the molecule is O=C(CN1C(=O)/C(=C/c2ccco2)SC1=S)N[C@H]1CSC[C@@H]1O. The van der Waals surface area contributed by atoms with E-state index in [2.05, 4.69) is 5.32 Å². The third-order valence-corrected chi connectivity index (χ3v) is 5.94. The van der Waals surface area contributed by atoms with Crippen molar-refractivity contribution in [3.05, 3.63) is 29.1 Å². The van der Waals surface area contributed by atoms with E-state index in [4.69, 9.17) is 16.6 Å². The monoisotopic (exact) mass is 370 g/mol. The van der Waals surface area contributed by atoms with Crippen LogP contribution in [0.5, 0.6) is 0 Å². The van der Waals surface area contributed by atoms with Gasteiger partial charge in [0.05, 0.1) is 23.3 Å². The van der Waals surface area contributed by atoms with Crippen LogP contribution in [0.15, 0.2) is 27.7 Å². The Labute approximate surface area is 146 Å². The summed E-state index contributed by atoms with van der Waals surface area (Å²) in [7, 11) is 0. The van der Waals surface area contributed by atoms with Gasteiger partial charge in [-0.1, -0.05) is 24.0 Å². The molecule has 23 heavy (non-hydrogen) atoms. The topological polar surface area (TPSA) is 82.8 Å². The molecule has 3 heterocycles. The van der Waals surface area contributed by atoms with Crippen molar-refractivity contribution in [2.45, 2.75) is 12.1 Å². The van der Waals surface area contributed by atoms with Gasteiger partial charge in [-0.2, -0.15) is 11.8 Å². The molecule has 9 heteroatoms. The summed E-state index contributed by atoms with van der Waals surface area (Å²) >= 11 is 7.90. The van der Waals surface area contributed by atoms with Crippen LogP contribution in [-0.2, 0) is 9.59 Å². The summed E-state index contributed by atoms with van der Waals surface area (Å²) in [5.74, 6) is 1.20. The molecule has 2 saturated heterocycles. The number of furan rings is 1. The molecule has 1 aromatic rings. The van der Waals surface area contributed by atoms with Gasteiger partial charge in [-0.15, -0.1) is 0 Å². The van der Waals surface area contributed by atoms with Gasteiger partial charge in [-0.25, -0.2) is 0 Å². The summed E-state index contributed by atoms with van der Waals surface area (Å²) in [6.07, 6.45) is 2.58. The second-order valence-electron chi connectivity index (χ2n) is 5.06. The van der Waals surface area contributed by atoms with Crippen LogP contribution in [-0.4, -0.2) is 56.3 Å². The van der Waals surface area contributed by atoms with Crippen LogP contribution in [0.4, 0.5) is 0 Å². The molecule has 0 aromatic carbocycles. The summed E-state index contributed by atoms with van der Waals surface area (Å²) < 4.78 is 5.52. The summed E-state index contributed by atoms with van der Waals surface area (Å²) in [6, 6.07) is 3.19. The normalized spacial score (nSPS) is 26.3. The number of aliphatic hydroxyl groups excluding tert-OH is 1. The fourth-order valence-corrected chi connectivity index (χ4v) is 4.62. The van der Waals surface area contributed by atoms with Gasteiger partial charge in [0.1, 0.15) is 16.6 Å². The molecule has 2 fully saturated rings. The zero-order valence-electron chi connectivity index (χ0n) is 11.9. The van der Waals surface area contributed by atoms with Crippen molar-refractivity contribution in [1.29, 1.82) is 0 Å². The van der Waals surface area contributed by atoms with Crippen LogP contribution in [0.3, 0.4) is 0 Å². The van der Waals surface area contributed by atoms with Crippen LogP contribution in [0.2, 0.25) is 0 Å². The zero-order valence-corrected chi connectivity index (χ0v) is 14.4. The largest absolute Gasteiger partial charge is 0.465 e. The number of thioether (sulfide) groups is 2. The first-order chi connectivity index (χ1) is 11.0. The van der Waals surface area contributed by atoms with Gasteiger partial charge in [0.25, 0.3) is 5.91 Å². The van der Waals surface area contributed by atoms with E-state index in [1.165, 1.54) is 11.2 Å². The Morgan fingerprint density at radius 1 is 1.57 bits per heavy atom. The van der Waals surface area contributed by atoms with Crippen molar-refractivity contribution in [2.75, 3.05) is 18.1 Å². The van der Waals surface area contributed by atoms with E-state index in [1.807, 2.05) is 0 Å². The zero-order chi connectivity index (χ0) is 16.4. The Hall–Kier alpha value is -1.29. The molecule has 0 spiro atoms. The predicted octanol–water partition coefficient (Wildman–Crippen LogP) is 1.07. The molecule has 3 rings (SSSR count). The molecule has 2 aliphatic rings. The number of amides is 2. The Balaban J connectivity index is 1.62. The van der Waals surface area contributed by atoms with Gasteiger partial charge in [-0.05, 0) is 12.1 Å². The Morgan fingerprint density at radius 2 is 2.39 bits per heavy atom. The number of hydrogen-bond acceptors (Lipinski definition) is 7. The third kappa shape index (κ3) is 3.79. The lowest BCUT2D eigenvalue weighted by atomic mass is 10.2. The molecule has 6 nitrogen and oxygen atoms in total. The molecule has 122 valence electrons. The van der Waals surface area contributed by atoms with Crippen LogP contribution >= 0.6 is 35.7 Å². The van der Waals surface area contributed by atoms with Crippen LogP contribution in [0.25, 0.3) is 6.08 Å². The number of carbonyl (C=O) groups is 2. The average Bonchev–Trinajstić information content (AvgIpc) is 3.20. The number of hydrogen-bond donors (Lipinski definition) is 2.